The van der Waals surface area contributed by atoms with E-state index in [9.17, 15) is 8.42 Å². The van der Waals surface area contributed by atoms with Crippen LogP contribution in [0.3, 0.4) is 0 Å². The second-order valence-electron chi connectivity index (χ2n) is 6.36. The molecule has 0 unspecified atom stereocenters. The van der Waals surface area contributed by atoms with E-state index in [0.717, 1.165) is 32.9 Å². The molecule has 2 N–H and O–H groups in total. The highest BCUT2D eigenvalue weighted by Gasteiger charge is 2.16. The van der Waals surface area contributed by atoms with Crippen LogP contribution in [0.2, 0.25) is 0 Å². The van der Waals surface area contributed by atoms with Crippen molar-refractivity contribution in [2.75, 3.05) is 24.2 Å². The molecule has 6 heteroatoms. The van der Waals surface area contributed by atoms with Crippen LogP contribution < -0.4 is 4.72 Å². The number of H-pyrrole nitrogens is 1. The first-order chi connectivity index (χ1) is 13.1. The molecule has 1 aromatic heterocycles. The Kier molecular flexibility index (Phi) is 4.59. The minimum Gasteiger partial charge on any atom is -0.384 e. The molecule has 0 atom stereocenters. The molecule has 27 heavy (non-hydrogen) atoms. The van der Waals surface area contributed by atoms with Gasteiger partial charge in [-0.05, 0) is 12.1 Å². The van der Waals surface area contributed by atoms with Crippen molar-refractivity contribution in [2.45, 2.75) is 0 Å². The summed E-state index contributed by atoms with van der Waals surface area (Å²) in [6, 6.07) is 21.6. The molecule has 0 fully saturated rings. The fourth-order valence-corrected chi connectivity index (χ4v) is 4.32. The fraction of sp³-hybridized carbons (Fsp3) is 0.143. The third-order valence-corrected chi connectivity index (χ3v) is 5.82. The molecule has 4 aromatic rings. The van der Waals surface area contributed by atoms with Crippen LogP contribution in [-0.2, 0) is 14.8 Å². The topological polar surface area (TPSA) is 71.2 Å². The molecule has 3 aromatic carbocycles. The van der Waals surface area contributed by atoms with Crippen LogP contribution in [0.25, 0.3) is 32.9 Å². The molecule has 0 spiro atoms. The zero-order chi connectivity index (χ0) is 18.9. The lowest BCUT2D eigenvalue weighted by molar-refractivity contribution is 0.217. The molecule has 0 saturated carbocycles. The normalized spacial score (nSPS) is 11.9. The van der Waals surface area contributed by atoms with Crippen LogP contribution >= 0.6 is 0 Å². The largest absolute Gasteiger partial charge is 0.384 e. The standard InChI is InChI=1S/C21H20N2O3S/c1-26-13-14-27(24,25)23-20-12-5-3-8-16(20)18-10-6-9-17-15-7-2-4-11-19(15)22-21(17)18/h2-12,22-23H,13-14H2,1H3. The highest BCUT2D eigenvalue weighted by atomic mass is 32.2. The summed E-state index contributed by atoms with van der Waals surface area (Å²) >= 11 is 0. The maximum absolute atomic E-state index is 12.3. The van der Waals surface area contributed by atoms with Crippen molar-refractivity contribution in [2.24, 2.45) is 0 Å². The molecule has 0 saturated heterocycles. The van der Waals surface area contributed by atoms with Crippen molar-refractivity contribution in [1.82, 2.24) is 4.98 Å². The molecule has 0 aliphatic rings. The maximum Gasteiger partial charge on any atom is 0.235 e. The molecule has 4 rings (SSSR count). The van der Waals surface area contributed by atoms with Crippen LogP contribution in [0, 0.1) is 0 Å². The van der Waals surface area contributed by atoms with Gasteiger partial charge in [-0.3, -0.25) is 4.72 Å². The van der Waals surface area contributed by atoms with Crippen molar-refractivity contribution in [3.8, 4) is 11.1 Å². The first-order valence-corrected chi connectivity index (χ1v) is 10.3. The second kappa shape index (κ2) is 7.06. The summed E-state index contributed by atoms with van der Waals surface area (Å²) < 4.78 is 32.3. The van der Waals surface area contributed by atoms with Crippen molar-refractivity contribution in [1.29, 1.82) is 0 Å². The Labute approximate surface area is 158 Å². The van der Waals surface area contributed by atoms with E-state index in [-0.39, 0.29) is 12.4 Å². The van der Waals surface area contributed by atoms with Gasteiger partial charge in [0.2, 0.25) is 10.0 Å². The predicted molar refractivity (Wildman–Crippen MR) is 111 cm³/mol. The van der Waals surface area contributed by atoms with E-state index in [4.69, 9.17) is 4.74 Å². The van der Waals surface area contributed by atoms with Crippen LogP contribution in [0.1, 0.15) is 0 Å². The summed E-state index contributed by atoms with van der Waals surface area (Å²) in [7, 11) is -2.00. The summed E-state index contributed by atoms with van der Waals surface area (Å²) in [6.45, 7) is 0.148. The summed E-state index contributed by atoms with van der Waals surface area (Å²) in [4.78, 5) is 3.47. The number of hydrogen-bond acceptors (Lipinski definition) is 3. The maximum atomic E-state index is 12.3. The highest BCUT2D eigenvalue weighted by molar-refractivity contribution is 7.92. The molecule has 0 aliphatic heterocycles. The third kappa shape index (κ3) is 3.41. The molecule has 0 bridgehead atoms. The van der Waals surface area contributed by atoms with Crippen molar-refractivity contribution in [3.05, 3.63) is 66.7 Å². The van der Waals surface area contributed by atoms with Crippen molar-refractivity contribution < 1.29 is 13.2 Å². The lowest BCUT2D eigenvalue weighted by Crippen LogP contribution is -2.20. The minimum absolute atomic E-state index is 0.0889. The van der Waals surface area contributed by atoms with E-state index in [2.05, 4.69) is 21.8 Å². The number of methoxy groups -OCH3 is 1. The molecule has 138 valence electrons. The van der Waals surface area contributed by atoms with Gasteiger partial charge in [0.25, 0.3) is 0 Å². The van der Waals surface area contributed by atoms with Crippen molar-refractivity contribution >= 4 is 37.5 Å². The molecular weight excluding hydrogens is 360 g/mol. The van der Waals surface area contributed by atoms with Gasteiger partial charge in [0.15, 0.2) is 0 Å². The Bertz CT molecular complexity index is 1210. The van der Waals surface area contributed by atoms with E-state index in [1.165, 1.54) is 7.11 Å². The number of hydrogen-bond donors (Lipinski definition) is 2. The molecule has 0 amide bonds. The summed E-state index contributed by atoms with van der Waals surface area (Å²) in [5.41, 5.74) is 4.38. The number of anilines is 1. The Hall–Kier alpha value is -2.83. The Morgan fingerprint density at radius 3 is 2.44 bits per heavy atom. The smallest absolute Gasteiger partial charge is 0.235 e. The molecular formula is C21H20N2O3S. The van der Waals surface area contributed by atoms with Gasteiger partial charge in [-0.15, -0.1) is 0 Å². The van der Waals surface area contributed by atoms with Gasteiger partial charge in [0, 0.05) is 34.5 Å². The van der Waals surface area contributed by atoms with Gasteiger partial charge >= 0.3 is 0 Å². The van der Waals surface area contributed by atoms with Crippen LogP contribution in [0.4, 0.5) is 5.69 Å². The minimum atomic E-state index is -3.49. The molecule has 5 nitrogen and oxygen atoms in total. The predicted octanol–water partition coefficient (Wildman–Crippen LogP) is 4.38. The first kappa shape index (κ1) is 17.6. The van der Waals surface area contributed by atoms with Gasteiger partial charge < -0.3 is 9.72 Å². The molecule has 1 heterocycles. The highest BCUT2D eigenvalue weighted by Crippen LogP contribution is 2.36. The van der Waals surface area contributed by atoms with E-state index in [1.807, 2.05) is 48.5 Å². The van der Waals surface area contributed by atoms with Gasteiger partial charge in [-0.25, -0.2) is 8.42 Å². The zero-order valence-electron chi connectivity index (χ0n) is 14.9. The second-order valence-corrected chi connectivity index (χ2v) is 8.20. The summed E-state index contributed by atoms with van der Waals surface area (Å²) in [6.07, 6.45) is 0. The average Bonchev–Trinajstić information content (AvgIpc) is 3.05. The number of aromatic amines is 1. The number of nitrogens with one attached hydrogen (secondary N) is 2. The SMILES string of the molecule is COCCS(=O)(=O)Nc1ccccc1-c1cccc2c1[nH]c1ccccc12. The van der Waals surface area contributed by atoms with Gasteiger partial charge in [-0.1, -0.05) is 54.6 Å². The third-order valence-electron chi connectivity index (χ3n) is 4.58. The van der Waals surface area contributed by atoms with Crippen molar-refractivity contribution in [3.63, 3.8) is 0 Å². The number of para-hydroxylation sites is 3. The Morgan fingerprint density at radius 1 is 0.889 bits per heavy atom. The van der Waals surface area contributed by atoms with E-state index < -0.39 is 10.0 Å². The van der Waals surface area contributed by atoms with Crippen LogP contribution in [0.5, 0.6) is 0 Å². The number of fused-ring (bicyclic) bond motifs is 3. The van der Waals surface area contributed by atoms with E-state index >= 15 is 0 Å². The summed E-state index contributed by atoms with van der Waals surface area (Å²) in [5.74, 6) is -0.0889. The Balaban J connectivity index is 1.85. The summed E-state index contributed by atoms with van der Waals surface area (Å²) in [5, 5.41) is 2.26. The Morgan fingerprint density at radius 2 is 1.59 bits per heavy atom. The van der Waals surface area contributed by atoms with E-state index in [0.29, 0.717) is 5.69 Å². The van der Waals surface area contributed by atoms with E-state index in [1.54, 1.807) is 6.07 Å². The first-order valence-electron chi connectivity index (χ1n) is 8.67. The van der Waals surface area contributed by atoms with Gasteiger partial charge in [0.1, 0.15) is 0 Å². The number of rotatable bonds is 6. The van der Waals surface area contributed by atoms with Crippen LogP contribution in [-0.4, -0.2) is 32.9 Å². The molecule has 0 aliphatic carbocycles. The monoisotopic (exact) mass is 380 g/mol. The lowest BCUT2D eigenvalue weighted by Gasteiger charge is -2.13. The lowest BCUT2D eigenvalue weighted by atomic mass is 10.0. The number of sulfonamides is 1. The van der Waals surface area contributed by atoms with Crippen LogP contribution in [0.15, 0.2) is 66.7 Å². The fourth-order valence-electron chi connectivity index (χ4n) is 3.32. The number of benzene rings is 3. The van der Waals surface area contributed by atoms with Gasteiger partial charge in [0.05, 0.1) is 23.6 Å². The quantitative estimate of drug-likeness (QED) is 0.522. The zero-order valence-corrected chi connectivity index (χ0v) is 15.7. The van der Waals surface area contributed by atoms with Gasteiger partial charge in [-0.2, -0.15) is 0 Å². The average molecular weight is 380 g/mol. The number of ether oxygens (including phenoxy) is 1. The number of aromatic nitrogens is 1. The molecule has 0 radical (unpaired) electrons.